The molecule has 4 rings (SSSR count). The number of rotatable bonds is 8. The molecule has 0 radical (unpaired) electrons. The number of aryl methyl sites for hydroxylation is 1. The quantitative estimate of drug-likeness (QED) is 0.483. The predicted molar refractivity (Wildman–Crippen MR) is 137 cm³/mol. The highest BCUT2D eigenvalue weighted by molar-refractivity contribution is 5.93. The first-order valence-electron chi connectivity index (χ1n) is 12.2. The number of anilines is 1. The molecule has 2 aromatic carbocycles. The zero-order valence-corrected chi connectivity index (χ0v) is 20.8. The maximum absolute atomic E-state index is 14.4. The number of imidazole rings is 1. The molecule has 8 nitrogen and oxygen atoms in total. The second kappa shape index (κ2) is 11.3. The number of hydrogen-bond donors (Lipinski definition) is 2. The summed E-state index contributed by atoms with van der Waals surface area (Å²) in [6.45, 7) is 6.22. The van der Waals surface area contributed by atoms with Crippen LogP contribution < -0.4 is 10.6 Å². The summed E-state index contributed by atoms with van der Waals surface area (Å²) in [7, 11) is 0. The number of carbonyl (C=O) groups is 2. The van der Waals surface area contributed by atoms with E-state index < -0.39 is 5.91 Å². The molecular weight excluding hydrogens is 461 g/mol. The van der Waals surface area contributed by atoms with Crippen LogP contribution in [0.5, 0.6) is 0 Å². The second-order valence-corrected chi connectivity index (χ2v) is 9.29. The van der Waals surface area contributed by atoms with Crippen LogP contribution >= 0.6 is 0 Å². The molecular formula is C27H32FN5O3. The van der Waals surface area contributed by atoms with E-state index in [1.807, 2.05) is 44.2 Å². The molecule has 0 saturated carbocycles. The van der Waals surface area contributed by atoms with Gasteiger partial charge >= 0.3 is 6.03 Å². The number of nitrogens with zero attached hydrogens (tertiary/aromatic N) is 3. The SMILES string of the molecule is Cc1ccc(-n2cc(-c3ccccc3)nc2NC(=O)CN(C[C@@H]2CCCO2)C(=O)NC(C)C)cc1F. The summed E-state index contributed by atoms with van der Waals surface area (Å²) in [6.07, 6.45) is 3.43. The Hall–Kier alpha value is -3.72. The van der Waals surface area contributed by atoms with Gasteiger partial charge in [-0.05, 0) is 51.3 Å². The predicted octanol–water partition coefficient (Wildman–Crippen LogP) is 4.52. The lowest BCUT2D eigenvalue weighted by atomic mass is 10.2. The van der Waals surface area contributed by atoms with Gasteiger partial charge < -0.3 is 15.0 Å². The van der Waals surface area contributed by atoms with Gasteiger partial charge in [0, 0.05) is 31.0 Å². The first kappa shape index (κ1) is 25.4. The standard InChI is InChI=1S/C27H32FN5O3/c1-18(2)29-27(35)32(15-22-10-7-13-36-22)17-25(34)31-26-30-24(20-8-5-4-6-9-20)16-33(26)21-12-11-19(3)23(28)14-21/h4-6,8-9,11-12,14,16,18,22H,7,10,13,15,17H2,1-3H3,(H,29,35)(H,30,31,34)/t22-/m0/s1. The van der Waals surface area contributed by atoms with Crippen LogP contribution in [-0.4, -0.2) is 58.2 Å². The number of urea groups is 1. The zero-order chi connectivity index (χ0) is 25.7. The third-order valence-corrected chi connectivity index (χ3v) is 5.94. The van der Waals surface area contributed by atoms with E-state index in [4.69, 9.17) is 4.74 Å². The molecule has 0 aliphatic carbocycles. The largest absolute Gasteiger partial charge is 0.376 e. The summed E-state index contributed by atoms with van der Waals surface area (Å²) in [5.74, 6) is -0.526. The third-order valence-electron chi connectivity index (χ3n) is 5.94. The highest BCUT2D eigenvalue weighted by atomic mass is 19.1. The highest BCUT2D eigenvalue weighted by Gasteiger charge is 2.25. The molecule has 1 atom stereocenters. The molecule has 1 fully saturated rings. The summed E-state index contributed by atoms with van der Waals surface area (Å²) in [6, 6.07) is 14.0. The molecule has 36 heavy (non-hydrogen) atoms. The van der Waals surface area contributed by atoms with E-state index in [9.17, 15) is 14.0 Å². The van der Waals surface area contributed by atoms with Crippen molar-refractivity contribution < 1.29 is 18.7 Å². The van der Waals surface area contributed by atoms with Gasteiger partial charge in [-0.1, -0.05) is 36.4 Å². The second-order valence-electron chi connectivity index (χ2n) is 9.29. The minimum atomic E-state index is -0.411. The molecule has 0 bridgehead atoms. The van der Waals surface area contributed by atoms with Gasteiger partial charge in [-0.25, -0.2) is 14.2 Å². The first-order chi connectivity index (χ1) is 17.3. The molecule has 1 saturated heterocycles. The topological polar surface area (TPSA) is 88.5 Å². The Morgan fingerprint density at radius 3 is 2.67 bits per heavy atom. The monoisotopic (exact) mass is 493 g/mol. The Morgan fingerprint density at radius 2 is 2.00 bits per heavy atom. The Balaban J connectivity index is 1.59. The summed E-state index contributed by atoms with van der Waals surface area (Å²) < 4.78 is 21.7. The van der Waals surface area contributed by atoms with Crippen LogP contribution in [-0.2, 0) is 9.53 Å². The Labute approximate surface area is 210 Å². The van der Waals surface area contributed by atoms with Crippen molar-refractivity contribution in [3.63, 3.8) is 0 Å². The van der Waals surface area contributed by atoms with Crippen LogP contribution in [0.2, 0.25) is 0 Å². The molecule has 190 valence electrons. The molecule has 2 N–H and O–H groups in total. The molecule has 1 aliphatic heterocycles. The van der Waals surface area contributed by atoms with E-state index in [0.29, 0.717) is 30.1 Å². The molecule has 9 heteroatoms. The van der Waals surface area contributed by atoms with E-state index in [2.05, 4.69) is 15.6 Å². The van der Waals surface area contributed by atoms with Gasteiger partial charge in [0.15, 0.2) is 0 Å². The number of aromatic nitrogens is 2. The lowest BCUT2D eigenvalue weighted by Crippen LogP contribution is -2.49. The van der Waals surface area contributed by atoms with Crippen molar-refractivity contribution in [2.45, 2.75) is 45.8 Å². The van der Waals surface area contributed by atoms with Crippen LogP contribution in [0.1, 0.15) is 32.3 Å². The number of ether oxygens (including phenoxy) is 1. The van der Waals surface area contributed by atoms with E-state index in [-0.39, 0.29) is 36.5 Å². The van der Waals surface area contributed by atoms with Crippen LogP contribution in [0.3, 0.4) is 0 Å². The fourth-order valence-electron chi connectivity index (χ4n) is 4.07. The van der Waals surface area contributed by atoms with E-state index in [1.54, 1.807) is 29.8 Å². The Kier molecular flexibility index (Phi) is 8.00. The highest BCUT2D eigenvalue weighted by Crippen LogP contribution is 2.25. The summed E-state index contributed by atoms with van der Waals surface area (Å²) >= 11 is 0. The van der Waals surface area contributed by atoms with E-state index in [1.165, 1.54) is 11.0 Å². The Morgan fingerprint density at radius 1 is 1.22 bits per heavy atom. The van der Waals surface area contributed by atoms with Crippen molar-refractivity contribution in [1.82, 2.24) is 19.8 Å². The number of hydrogen-bond acceptors (Lipinski definition) is 4. The fourth-order valence-corrected chi connectivity index (χ4v) is 4.07. The summed E-state index contributed by atoms with van der Waals surface area (Å²) in [4.78, 5) is 32.0. The lowest BCUT2D eigenvalue weighted by molar-refractivity contribution is -0.117. The number of benzene rings is 2. The number of amides is 3. The number of carbonyl (C=O) groups excluding carboxylic acids is 2. The molecule has 1 aliphatic rings. The normalized spacial score (nSPS) is 15.2. The first-order valence-corrected chi connectivity index (χ1v) is 12.2. The summed E-state index contributed by atoms with van der Waals surface area (Å²) in [5, 5.41) is 5.67. The van der Waals surface area contributed by atoms with E-state index in [0.717, 1.165) is 18.4 Å². The van der Waals surface area contributed by atoms with Gasteiger partial charge in [0.2, 0.25) is 11.9 Å². The zero-order valence-electron chi connectivity index (χ0n) is 20.8. The summed E-state index contributed by atoms with van der Waals surface area (Å²) in [5.41, 5.74) is 2.53. The van der Waals surface area contributed by atoms with Crippen molar-refractivity contribution in [2.24, 2.45) is 0 Å². The Bertz CT molecular complexity index is 1210. The molecule has 2 heterocycles. The minimum absolute atomic E-state index is 0.0729. The molecule has 0 spiro atoms. The molecule has 1 aromatic heterocycles. The van der Waals surface area contributed by atoms with Crippen LogP contribution in [0.15, 0.2) is 54.7 Å². The van der Waals surface area contributed by atoms with E-state index >= 15 is 0 Å². The molecule has 3 amide bonds. The van der Waals surface area contributed by atoms with Crippen LogP contribution in [0.4, 0.5) is 15.1 Å². The van der Waals surface area contributed by atoms with Gasteiger partial charge in [-0.3, -0.25) is 14.7 Å². The average molecular weight is 494 g/mol. The maximum Gasteiger partial charge on any atom is 0.318 e. The van der Waals surface area contributed by atoms with Crippen molar-refractivity contribution in [3.05, 3.63) is 66.1 Å². The van der Waals surface area contributed by atoms with Gasteiger partial charge in [-0.15, -0.1) is 0 Å². The van der Waals surface area contributed by atoms with Crippen LogP contribution in [0, 0.1) is 12.7 Å². The van der Waals surface area contributed by atoms with Crippen molar-refractivity contribution in [1.29, 1.82) is 0 Å². The van der Waals surface area contributed by atoms with Gasteiger partial charge in [0.1, 0.15) is 12.4 Å². The lowest BCUT2D eigenvalue weighted by Gasteiger charge is -2.26. The third kappa shape index (κ3) is 6.28. The minimum Gasteiger partial charge on any atom is -0.376 e. The number of nitrogens with one attached hydrogen (secondary N) is 2. The molecule has 0 unspecified atom stereocenters. The average Bonchev–Trinajstić information content (AvgIpc) is 3.51. The van der Waals surface area contributed by atoms with Crippen molar-refractivity contribution in [2.75, 3.05) is 25.0 Å². The van der Waals surface area contributed by atoms with Gasteiger partial charge in [0.05, 0.1) is 17.5 Å². The van der Waals surface area contributed by atoms with Gasteiger partial charge in [0.25, 0.3) is 0 Å². The molecule has 3 aromatic rings. The fraction of sp³-hybridized carbons (Fsp3) is 0.370. The van der Waals surface area contributed by atoms with Crippen molar-refractivity contribution >= 4 is 17.9 Å². The maximum atomic E-state index is 14.4. The van der Waals surface area contributed by atoms with Crippen LogP contribution in [0.25, 0.3) is 16.9 Å². The smallest absolute Gasteiger partial charge is 0.318 e. The van der Waals surface area contributed by atoms with Crippen molar-refractivity contribution in [3.8, 4) is 16.9 Å². The van der Waals surface area contributed by atoms with Gasteiger partial charge in [-0.2, -0.15) is 0 Å². The number of halogens is 1.